The maximum absolute atomic E-state index is 12.7. The van der Waals surface area contributed by atoms with Gasteiger partial charge in [-0.1, -0.05) is 25.5 Å². The fraction of sp³-hybridized carbons (Fsp3) is 0.389. The molecule has 0 atom stereocenters. The van der Waals surface area contributed by atoms with Gasteiger partial charge in [0.05, 0.1) is 0 Å². The third-order valence-corrected chi connectivity index (χ3v) is 4.64. The van der Waals surface area contributed by atoms with Crippen molar-refractivity contribution in [3.05, 3.63) is 52.3 Å². The summed E-state index contributed by atoms with van der Waals surface area (Å²) in [7, 11) is 0. The highest BCUT2D eigenvalue weighted by Gasteiger charge is 2.17. The highest BCUT2D eigenvalue weighted by atomic mass is 16.1. The van der Waals surface area contributed by atoms with Gasteiger partial charge in [-0.15, -0.1) is 0 Å². The first-order valence-electron chi connectivity index (χ1n) is 8.34. The molecule has 0 radical (unpaired) electrons. The lowest BCUT2D eigenvalue weighted by molar-refractivity contribution is 0.613. The van der Waals surface area contributed by atoms with E-state index in [0.717, 1.165) is 50.2 Å². The molecule has 0 saturated heterocycles. The maximum atomic E-state index is 12.7. The minimum Gasteiger partial charge on any atom is -0.295 e. The Labute approximate surface area is 134 Å². The van der Waals surface area contributed by atoms with E-state index in [9.17, 15) is 4.79 Å². The molecule has 3 heterocycles. The van der Waals surface area contributed by atoms with E-state index in [1.54, 1.807) is 6.33 Å². The Bertz CT molecular complexity index is 905. The Morgan fingerprint density at radius 3 is 2.74 bits per heavy atom. The second kappa shape index (κ2) is 5.65. The Morgan fingerprint density at radius 2 is 1.96 bits per heavy atom. The van der Waals surface area contributed by atoms with E-state index < -0.39 is 0 Å². The zero-order valence-corrected chi connectivity index (χ0v) is 13.3. The molecule has 2 aromatic heterocycles. The van der Waals surface area contributed by atoms with Crippen LogP contribution in [0.25, 0.3) is 16.9 Å². The van der Waals surface area contributed by atoms with Crippen LogP contribution in [0.3, 0.4) is 0 Å². The summed E-state index contributed by atoms with van der Waals surface area (Å²) in [6.45, 7) is 2.90. The van der Waals surface area contributed by atoms with Crippen LogP contribution in [0.15, 0.2) is 35.4 Å². The lowest BCUT2D eigenvalue weighted by Crippen LogP contribution is -2.24. The summed E-state index contributed by atoms with van der Waals surface area (Å²) >= 11 is 0. The van der Waals surface area contributed by atoms with Crippen LogP contribution in [0, 0.1) is 0 Å². The van der Waals surface area contributed by atoms with Gasteiger partial charge in [-0.25, -0.2) is 9.97 Å². The lowest BCUT2D eigenvalue weighted by atomic mass is 10.1. The Balaban J connectivity index is 1.90. The van der Waals surface area contributed by atoms with Crippen LogP contribution in [0.5, 0.6) is 0 Å². The summed E-state index contributed by atoms with van der Waals surface area (Å²) in [5.41, 5.74) is 3.42. The van der Waals surface area contributed by atoms with Crippen molar-refractivity contribution in [3.8, 4) is 5.69 Å². The van der Waals surface area contributed by atoms with Crippen molar-refractivity contribution >= 4 is 11.2 Å². The highest BCUT2D eigenvalue weighted by molar-refractivity contribution is 5.72. The summed E-state index contributed by atoms with van der Waals surface area (Å²) in [5.74, 6) is 0.895. The fourth-order valence-corrected chi connectivity index (χ4v) is 3.26. The predicted octanol–water partition coefficient (Wildman–Crippen LogP) is 2.87. The predicted molar refractivity (Wildman–Crippen MR) is 90.1 cm³/mol. The molecule has 23 heavy (non-hydrogen) atoms. The van der Waals surface area contributed by atoms with Gasteiger partial charge in [0.25, 0.3) is 5.56 Å². The molecule has 3 aromatic rings. The van der Waals surface area contributed by atoms with Crippen LogP contribution in [0.4, 0.5) is 0 Å². The highest BCUT2D eigenvalue weighted by Crippen LogP contribution is 2.18. The zero-order chi connectivity index (χ0) is 15.8. The average Bonchev–Trinajstić information content (AvgIpc) is 2.86. The summed E-state index contributed by atoms with van der Waals surface area (Å²) < 4.78 is 3.73. The van der Waals surface area contributed by atoms with Gasteiger partial charge in [0.1, 0.15) is 12.2 Å². The molecule has 0 bridgehead atoms. The largest absolute Gasteiger partial charge is 0.295 e. The number of imidazole rings is 1. The van der Waals surface area contributed by atoms with Gasteiger partial charge in [-0.2, -0.15) is 0 Å². The van der Waals surface area contributed by atoms with E-state index >= 15 is 0 Å². The smallest absolute Gasteiger partial charge is 0.281 e. The molecule has 4 rings (SSSR count). The molecule has 1 aromatic carbocycles. The summed E-state index contributed by atoms with van der Waals surface area (Å²) in [6.07, 6.45) is 6.87. The molecular weight excluding hydrogens is 288 g/mol. The number of aryl methyl sites for hydroxylation is 2. The molecule has 0 N–H and O–H groups in total. The van der Waals surface area contributed by atoms with E-state index in [1.807, 2.05) is 9.13 Å². The van der Waals surface area contributed by atoms with Crippen LogP contribution in [0.1, 0.15) is 37.6 Å². The Hall–Kier alpha value is -2.43. The minimum absolute atomic E-state index is 0.00386. The molecule has 5 heteroatoms. The molecule has 0 saturated carbocycles. The number of hydrogen-bond donors (Lipinski definition) is 0. The number of fused-ring (bicyclic) bond motifs is 2. The normalized spacial score (nSPS) is 14.7. The number of benzene rings is 1. The SMILES string of the molecule is CCc1ccc(-n2cnc3c(=O)n4c(nc32)CCCCC4)cc1. The molecule has 0 unspecified atom stereocenters. The first-order valence-corrected chi connectivity index (χ1v) is 8.34. The minimum atomic E-state index is -0.00386. The number of rotatable bonds is 2. The van der Waals surface area contributed by atoms with Crippen molar-refractivity contribution in [1.82, 2.24) is 19.1 Å². The van der Waals surface area contributed by atoms with Crippen molar-refractivity contribution in [2.45, 2.75) is 45.6 Å². The van der Waals surface area contributed by atoms with Gasteiger partial charge in [0.15, 0.2) is 11.2 Å². The van der Waals surface area contributed by atoms with Gasteiger partial charge < -0.3 is 0 Å². The van der Waals surface area contributed by atoms with Gasteiger partial charge in [0.2, 0.25) is 0 Å². The number of aromatic nitrogens is 4. The number of hydrogen-bond acceptors (Lipinski definition) is 3. The van der Waals surface area contributed by atoms with Crippen LogP contribution < -0.4 is 5.56 Å². The van der Waals surface area contributed by atoms with Crippen molar-refractivity contribution < 1.29 is 0 Å². The van der Waals surface area contributed by atoms with Crippen LogP contribution in [0.2, 0.25) is 0 Å². The van der Waals surface area contributed by atoms with Gasteiger partial charge >= 0.3 is 0 Å². The fourth-order valence-electron chi connectivity index (χ4n) is 3.26. The standard InChI is InChI=1S/C18H20N4O/c1-2-13-7-9-14(10-8-13)22-12-19-16-17(22)20-15-6-4-3-5-11-21(15)18(16)23/h7-10,12H,2-6,11H2,1H3. The van der Waals surface area contributed by atoms with Crippen molar-refractivity contribution in [2.75, 3.05) is 0 Å². The quantitative estimate of drug-likeness (QED) is 0.731. The van der Waals surface area contributed by atoms with E-state index in [2.05, 4.69) is 36.2 Å². The van der Waals surface area contributed by atoms with Crippen molar-refractivity contribution in [2.24, 2.45) is 0 Å². The average molecular weight is 308 g/mol. The van der Waals surface area contributed by atoms with E-state index in [4.69, 9.17) is 4.98 Å². The first-order chi connectivity index (χ1) is 11.3. The van der Waals surface area contributed by atoms with Gasteiger partial charge in [-0.05, 0) is 37.0 Å². The third kappa shape index (κ3) is 2.36. The van der Waals surface area contributed by atoms with Crippen LogP contribution in [-0.2, 0) is 19.4 Å². The van der Waals surface area contributed by atoms with E-state index in [-0.39, 0.29) is 5.56 Å². The van der Waals surface area contributed by atoms with Crippen LogP contribution in [-0.4, -0.2) is 19.1 Å². The zero-order valence-electron chi connectivity index (χ0n) is 13.3. The first kappa shape index (κ1) is 14.2. The molecule has 0 fully saturated rings. The van der Waals surface area contributed by atoms with Gasteiger partial charge in [0, 0.05) is 18.7 Å². The van der Waals surface area contributed by atoms with Crippen molar-refractivity contribution in [1.29, 1.82) is 0 Å². The molecule has 1 aliphatic rings. The second-order valence-corrected chi connectivity index (χ2v) is 6.10. The Morgan fingerprint density at radius 1 is 1.13 bits per heavy atom. The topological polar surface area (TPSA) is 52.7 Å². The molecule has 5 nitrogen and oxygen atoms in total. The van der Waals surface area contributed by atoms with E-state index in [0.29, 0.717) is 11.2 Å². The molecule has 0 aliphatic carbocycles. The molecule has 0 spiro atoms. The molecule has 118 valence electrons. The molecule has 0 amide bonds. The maximum Gasteiger partial charge on any atom is 0.281 e. The van der Waals surface area contributed by atoms with E-state index in [1.165, 1.54) is 5.56 Å². The molecule has 1 aliphatic heterocycles. The summed E-state index contributed by atoms with van der Waals surface area (Å²) in [6, 6.07) is 8.34. The van der Waals surface area contributed by atoms with Crippen molar-refractivity contribution in [3.63, 3.8) is 0 Å². The lowest BCUT2D eigenvalue weighted by Gasteiger charge is -2.09. The monoisotopic (exact) mass is 308 g/mol. The summed E-state index contributed by atoms with van der Waals surface area (Å²) in [4.78, 5) is 21.8. The third-order valence-electron chi connectivity index (χ3n) is 4.64. The second-order valence-electron chi connectivity index (χ2n) is 6.10. The molecular formula is C18H20N4O. The number of nitrogens with zero attached hydrogens (tertiary/aromatic N) is 4. The Kier molecular flexibility index (Phi) is 3.48. The summed E-state index contributed by atoms with van der Waals surface area (Å²) in [5, 5.41) is 0. The van der Waals surface area contributed by atoms with Crippen LogP contribution >= 0.6 is 0 Å². The van der Waals surface area contributed by atoms with Gasteiger partial charge in [-0.3, -0.25) is 13.9 Å².